The Labute approximate surface area is 149 Å². The quantitative estimate of drug-likeness (QED) is 0.898. The Morgan fingerprint density at radius 1 is 1.20 bits per heavy atom. The van der Waals surface area contributed by atoms with Crippen LogP contribution in [0.2, 0.25) is 0 Å². The van der Waals surface area contributed by atoms with Gasteiger partial charge in [0, 0.05) is 24.3 Å². The number of amides is 1. The van der Waals surface area contributed by atoms with Crippen LogP contribution in [0, 0.1) is 0 Å². The lowest BCUT2D eigenvalue weighted by Crippen LogP contribution is -2.50. The van der Waals surface area contributed by atoms with Crippen LogP contribution < -0.4 is 5.32 Å². The summed E-state index contributed by atoms with van der Waals surface area (Å²) in [7, 11) is 2.19. The number of likely N-dealkylation sites (tertiary alicyclic amines) is 2. The third-order valence-corrected chi connectivity index (χ3v) is 5.84. The second-order valence-corrected chi connectivity index (χ2v) is 7.55. The lowest BCUT2D eigenvalue weighted by atomic mass is 10.0. The highest BCUT2D eigenvalue weighted by Gasteiger charge is 2.36. The number of fused-ring (bicyclic) bond motifs is 1. The zero-order chi connectivity index (χ0) is 17.2. The van der Waals surface area contributed by atoms with Crippen LogP contribution in [0.1, 0.15) is 31.2 Å². The van der Waals surface area contributed by atoms with Crippen molar-refractivity contribution in [1.82, 2.24) is 20.1 Å². The summed E-state index contributed by atoms with van der Waals surface area (Å²) in [6.45, 7) is 3.96. The number of nitrogens with one attached hydrogen (secondary N) is 2. The van der Waals surface area contributed by atoms with Crippen LogP contribution in [0.25, 0.3) is 10.9 Å². The average molecular weight is 340 g/mol. The third kappa shape index (κ3) is 3.58. The molecule has 1 aromatic heterocycles. The van der Waals surface area contributed by atoms with E-state index in [-0.39, 0.29) is 11.9 Å². The predicted octanol–water partition coefficient (Wildman–Crippen LogP) is 2.34. The molecule has 0 spiro atoms. The fraction of sp³-hybridized carbons (Fsp3) is 0.550. The Kier molecular flexibility index (Phi) is 4.77. The molecule has 0 aliphatic carbocycles. The van der Waals surface area contributed by atoms with Crippen molar-refractivity contribution in [3.8, 4) is 0 Å². The Bertz CT molecular complexity index is 732. The van der Waals surface area contributed by atoms with Crippen molar-refractivity contribution in [2.75, 3.05) is 26.7 Å². The number of nitrogens with zero attached hydrogens (tertiary/aromatic N) is 2. The van der Waals surface area contributed by atoms with Crippen LogP contribution in [0.5, 0.6) is 0 Å². The maximum Gasteiger partial charge on any atom is 0.237 e. The van der Waals surface area contributed by atoms with Crippen molar-refractivity contribution in [3.05, 3.63) is 36.0 Å². The van der Waals surface area contributed by atoms with Gasteiger partial charge in [0.05, 0.1) is 6.04 Å². The van der Waals surface area contributed by atoms with Gasteiger partial charge in [0.25, 0.3) is 0 Å². The lowest BCUT2D eigenvalue weighted by molar-refractivity contribution is -0.126. The van der Waals surface area contributed by atoms with Crippen LogP contribution in [-0.2, 0) is 11.3 Å². The highest BCUT2D eigenvalue weighted by Crippen LogP contribution is 2.26. The fourth-order valence-corrected chi connectivity index (χ4v) is 4.35. The van der Waals surface area contributed by atoms with E-state index in [9.17, 15) is 4.79 Å². The number of H-pyrrole nitrogens is 1. The van der Waals surface area contributed by atoms with Crippen molar-refractivity contribution in [2.24, 2.45) is 0 Å². The summed E-state index contributed by atoms with van der Waals surface area (Å²) in [4.78, 5) is 20.9. The second kappa shape index (κ2) is 7.18. The Balaban J connectivity index is 1.36. The molecule has 2 N–H and O–H groups in total. The summed E-state index contributed by atoms with van der Waals surface area (Å²) < 4.78 is 0. The van der Waals surface area contributed by atoms with Gasteiger partial charge in [-0.1, -0.05) is 12.1 Å². The number of carbonyl (C=O) groups excluding carboxylic acids is 1. The summed E-state index contributed by atoms with van der Waals surface area (Å²) in [6, 6.07) is 9.02. The van der Waals surface area contributed by atoms with Gasteiger partial charge < -0.3 is 15.2 Å². The van der Waals surface area contributed by atoms with Crippen LogP contribution in [0.15, 0.2) is 30.5 Å². The maximum absolute atomic E-state index is 12.8. The average Bonchev–Trinajstić information content (AvgIpc) is 3.29. The number of carbonyl (C=O) groups is 1. The monoisotopic (exact) mass is 340 g/mol. The SMILES string of the molecule is CN1CCC(N2CCC[C@H]2C(=O)NCc2ccc3cc[nH]c3c2)CC1. The lowest BCUT2D eigenvalue weighted by Gasteiger charge is -2.37. The summed E-state index contributed by atoms with van der Waals surface area (Å²) in [5.41, 5.74) is 2.27. The van der Waals surface area contributed by atoms with Gasteiger partial charge in [0.15, 0.2) is 0 Å². The predicted molar refractivity (Wildman–Crippen MR) is 100 cm³/mol. The van der Waals surface area contributed by atoms with E-state index in [1.807, 2.05) is 6.20 Å². The summed E-state index contributed by atoms with van der Waals surface area (Å²) in [5.74, 6) is 0.197. The smallest absolute Gasteiger partial charge is 0.237 e. The molecule has 0 bridgehead atoms. The van der Waals surface area contributed by atoms with Crippen molar-refractivity contribution < 1.29 is 4.79 Å². The van der Waals surface area contributed by atoms with Gasteiger partial charge in [0.1, 0.15) is 0 Å². The minimum Gasteiger partial charge on any atom is -0.361 e. The van der Waals surface area contributed by atoms with Gasteiger partial charge >= 0.3 is 0 Å². The molecule has 2 aromatic rings. The van der Waals surface area contributed by atoms with E-state index in [4.69, 9.17) is 0 Å². The summed E-state index contributed by atoms with van der Waals surface area (Å²) in [6.07, 6.45) is 6.45. The first-order valence-electron chi connectivity index (χ1n) is 9.49. The number of hydrogen-bond donors (Lipinski definition) is 2. The number of rotatable bonds is 4. The highest BCUT2D eigenvalue weighted by atomic mass is 16.2. The first kappa shape index (κ1) is 16.6. The zero-order valence-corrected chi connectivity index (χ0v) is 15.0. The number of piperidine rings is 1. The standard InChI is InChI=1S/C20H28N4O/c1-23-11-7-17(8-12-23)24-10-2-3-19(24)20(25)22-14-15-4-5-16-6-9-21-18(16)13-15/h4-6,9,13,17,19,21H,2-3,7-8,10-12,14H2,1H3,(H,22,25)/t19-/m0/s1. The number of hydrogen-bond acceptors (Lipinski definition) is 3. The molecule has 3 heterocycles. The molecule has 134 valence electrons. The normalized spacial score (nSPS) is 23.3. The van der Waals surface area contributed by atoms with Crippen molar-refractivity contribution in [2.45, 2.75) is 44.3 Å². The Morgan fingerprint density at radius 2 is 2.04 bits per heavy atom. The first-order chi connectivity index (χ1) is 12.2. The minimum atomic E-state index is 0.0580. The molecule has 2 aliphatic heterocycles. The molecule has 2 saturated heterocycles. The molecule has 0 radical (unpaired) electrons. The zero-order valence-electron chi connectivity index (χ0n) is 15.0. The van der Waals surface area contributed by atoms with E-state index in [1.54, 1.807) is 0 Å². The number of aromatic amines is 1. The van der Waals surface area contributed by atoms with Gasteiger partial charge in [-0.2, -0.15) is 0 Å². The summed E-state index contributed by atoms with van der Waals surface area (Å²) >= 11 is 0. The molecule has 5 heteroatoms. The van der Waals surface area contributed by atoms with Gasteiger partial charge in [-0.25, -0.2) is 0 Å². The van der Waals surface area contributed by atoms with Crippen LogP contribution >= 0.6 is 0 Å². The van der Waals surface area contributed by atoms with E-state index < -0.39 is 0 Å². The van der Waals surface area contributed by atoms with Crippen molar-refractivity contribution >= 4 is 16.8 Å². The van der Waals surface area contributed by atoms with Crippen molar-refractivity contribution in [3.63, 3.8) is 0 Å². The number of aromatic nitrogens is 1. The van der Waals surface area contributed by atoms with E-state index in [1.165, 1.54) is 18.2 Å². The van der Waals surface area contributed by atoms with Gasteiger partial charge in [-0.05, 0) is 75.4 Å². The molecule has 5 nitrogen and oxygen atoms in total. The molecule has 1 amide bonds. The molecular formula is C20H28N4O. The Morgan fingerprint density at radius 3 is 2.88 bits per heavy atom. The molecule has 4 rings (SSSR count). The first-order valence-corrected chi connectivity index (χ1v) is 9.49. The van der Waals surface area contributed by atoms with E-state index in [0.29, 0.717) is 12.6 Å². The molecule has 1 atom stereocenters. The Hall–Kier alpha value is -1.85. The van der Waals surface area contributed by atoms with Gasteiger partial charge in [-0.3, -0.25) is 9.69 Å². The third-order valence-electron chi connectivity index (χ3n) is 5.84. The molecule has 25 heavy (non-hydrogen) atoms. The highest BCUT2D eigenvalue weighted by molar-refractivity contribution is 5.83. The number of benzene rings is 1. The van der Waals surface area contributed by atoms with Crippen molar-refractivity contribution in [1.29, 1.82) is 0 Å². The fourth-order valence-electron chi connectivity index (χ4n) is 4.35. The van der Waals surface area contributed by atoms with Gasteiger partial charge in [0.2, 0.25) is 5.91 Å². The molecule has 0 unspecified atom stereocenters. The van der Waals surface area contributed by atoms with Crippen LogP contribution in [0.3, 0.4) is 0 Å². The molecule has 0 saturated carbocycles. The van der Waals surface area contributed by atoms with Gasteiger partial charge in [-0.15, -0.1) is 0 Å². The molecule has 2 fully saturated rings. The van der Waals surface area contributed by atoms with E-state index >= 15 is 0 Å². The largest absolute Gasteiger partial charge is 0.361 e. The summed E-state index contributed by atoms with van der Waals surface area (Å²) in [5, 5.41) is 4.38. The molecule has 2 aliphatic rings. The van der Waals surface area contributed by atoms with Crippen LogP contribution in [-0.4, -0.2) is 59.5 Å². The molecule has 1 aromatic carbocycles. The topological polar surface area (TPSA) is 51.4 Å². The van der Waals surface area contributed by atoms with E-state index in [0.717, 1.165) is 43.6 Å². The maximum atomic E-state index is 12.8. The molecular weight excluding hydrogens is 312 g/mol. The minimum absolute atomic E-state index is 0.0580. The van der Waals surface area contributed by atoms with E-state index in [2.05, 4.69) is 51.4 Å². The second-order valence-electron chi connectivity index (χ2n) is 7.55. The van der Waals surface area contributed by atoms with Crippen LogP contribution in [0.4, 0.5) is 0 Å².